The maximum absolute atomic E-state index is 4.59. The van der Waals surface area contributed by atoms with E-state index in [0.29, 0.717) is 6.54 Å². The van der Waals surface area contributed by atoms with Crippen molar-refractivity contribution in [3.8, 4) is 0 Å². The first-order valence-electron chi connectivity index (χ1n) is 7.56. The Labute approximate surface area is 146 Å². The van der Waals surface area contributed by atoms with Gasteiger partial charge < -0.3 is 10.6 Å². The zero-order valence-corrected chi connectivity index (χ0v) is 16.0. The van der Waals surface area contributed by atoms with E-state index < -0.39 is 0 Å². The van der Waals surface area contributed by atoms with E-state index in [1.807, 2.05) is 12.3 Å². The molecule has 0 radical (unpaired) electrons. The van der Waals surface area contributed by atoms with E-state index in [0.717, 1.165) is 30.7 Å². The molecular weight excluding hydrogens is 375 g/mol. The van der Waals surface area contributed by atoms with Crippen LogP contribution in [0.4, 0.5) is 0 Å². The molecule has 0 aliphatic heterocycles. The highest BCUT2D eigenvalue weighted by Gasteiger charge is 2.00. The molecule has 1 aromatic heterocycles. The van der Waals surface area contributed by atoms with Gasteiger partial charge in [-0.25, -0.2) is 4.99 Å². The van der Waals surface area contributed by atoms with Gasteiger partial charge in [-0.05, 0) is 44.2 Å². The Hall–Kier alpha value is -0.850. The van der Waals surface area contributed by atoms with Gasteiger partial charge in [-0.1, -0.05) is 19.9 Å². The number of aryl methyl sites for hydroxylation is 1. The SMILES string of the molecule is CCNC(=NCc1ncccc1C)NCCCC(C)C.I. The van der Waals surface area contributed by atoms with Crippen molar-refractivity contribution >= 4 is 29.9 Å². The molecule has 0 aliphatic rings. The Morgan fingerprint density at radius 2 is 2.10 bits per heavy atom. The Kier molecular flexibility index (Phi) is 11.3. The van der Waals surface area contributed by atoms with Crippen molar-refractivity contribution in [3.05, 3.63) is 29.6 Å². The van der Waals surface area contributed by atoms with E-state index in [2.05, 4.69) is 54.4 Å². The average Bonchev–Trinajstić information content (AvgIpc) is 2.42. The summed E-state index contributed by atoms with van der Waals surface area (Å²) in [6.07, 6.45) is 4.23. The Balaban J connectivity index is 0.00000400. The number of nitrogens with one attached hydrogen (secondary N) is 2. The lowest BCUT2D eigenvalue weighted by molar-refractivity contribution is 0.549. The molecule has 0 spiro atoms. The Morgan fingerprint density at radius 3 is 2.71 bits per heavy atom. The molecule has 0 saturated heterocycles. The number of hydrogen-bond donors (Lipinski definition) is 2. The van der Waals surface area contributed by atoms with Crippen LogP contribution in [0, 0.1) is 12.8 Å². The zero-order chi connectivity index (χ0) is 14.8. The summed E-state index contributed by atoms with van der Waals surface area (Å²) in [4.78, 5) is 8.96. The van der Waals surface area contributed by atoms with Gasteiger partial charge in [-0.3, -0.25) is 4.98 Å². The lowest BCUT2D eigenvalue weighted by atomic mass is 10.1. The summed E-state index contributed by atoms with van der Waals surface area (Å²) in [5.74, 6) is 1.63. The third-order valence-electron chi connectivity index (χ3n) is 3.10. The number of nitrogens with zero attached hydrogens (tertiary/aromatic N) is 2. The summed E-state index contributed by atoms with van der Waals surface area (Å²) in [6, 6.07) is 4.03. The van der Waals surface area contributed by atoms with Crippen LogP contribution < -0.4 is 10.6 Å². The van der Waals surface area contributed by atoms with Crippen molar-refractivity contribution < 1.29 is 0 Å². The maximum Gasteiger partial charge on any atom is 0.191 e. The van der Waals surface area contributed by atoms with Gasteiger partial charge in [-0.2, -0.15) is 0 Å². The highest BCUT2D eigenvalue weighted by atomic mass is 127. The molecule has 1 rings (SSSR count). The molecule has 0 aromatic carbocycles. The first kappa shape index (κ1) is 20.1. The normalized spacial score (nSPS) is 11.2. The van der Waals surface area contributed by atoms with Crippen molar-refractivity contribution in [2.75, 3.05) is 13.1 Å². The number of aromatic nitrogens is 1. The van der Waals surface area contributed by atoms with E-state index in [1.165, 1.54) is 18.4 Å². The lowest BCUT2D eigenvalue weighted by Gasteiger charge is -2.12. The summed E-state index contributed by atoms with van der Waals surface area (Å²) in [7, 11) is 0. The molecule has 1 aromatic rings. The molecule has 4 nitrogen and oxygen atoms in total. The van der Waals surface area contributed by atoms with Crippen molar-refractivity contribution in [3.63, 3.8) is 0 Å². The van der Waals surface area contributed by atoms with Crippen molar-refractivity contribution in [1.29, 1.82) is 0 Å². The van der Waals surface area contributed by atoms with Gasteiger partial charge in [0, 0.05) is 19.3 Å². The largest absolute Gasteiger partial charge is 0.357 e. The van der Waals surface area contributed by atoms with Crippen LogP contribution in [0.2, 0.25) is 0 Å². The minimum Gasteiger partial charge on any atom is -0.357 e. The predicted octanol–water partition coefficient (Wildman–Crippen LogP) is 3.50. The molecule has 5 heteroatoms. The highest BCUT2D eigenvalue weighted by Crippen LogP contribution is 2.04. The molecule has 0 amide bonds. The third kappa shape index (κ3) is 8.90. The van der Waals surface area contributed by atoms with Gasteiger partial charge in [0.2, 0.25) is 0 Å². The van der Waals surface area contributed by atoms with Crippen LogP contribution in [0.25, 0.3) is 0 Å². The number of guanidine groups is 1. The van der Waals surface area contributed by atoms with Crippen LogP contribution in [-0.2, 0) is 6.54 Å². The first-order chi connectivity index (χ1) is 9.63. The molecule has 120 valence electrons. The summed E-state index contributed by atoms with van der Waals surface area (Å²) >= 11 is 0. The van der Waals surface area contributed by atoms with Crippen LogP contribution in [0.15, 0.2) is 23.3 Å². The fraction of sp³-hybridized carbons (Fsp3) is 0.625. The fourth-order valence-corrected chi connectivity index (χ4v) is 1.90. The molecular formula is C16H29IN4. The van der Waals surface area contributed by atoms with E-state index >= 15 is 0 Å². The quantitative estimate of drug-likeness (QED) is 0.317. The second-order valence-corrected chi connectivity index (χ2v) is 5.43. The topological polar surface area (TPSA) is 49.3 Å². The van der Waals surface area contributed by atoms with Crippen molar-refractivity contribution in [1.82, 2.24) is 15.6 Å². The summed E-state index contributed by atoms with van der Waals surface area (Å²) in [5.41, 5.74) is 2.22. The van der Waals surface area contributed by atoms with Gasteiger partial charge in [0.05, 0.1) is 12.2 Å². The number of pyridine rings is 1. The Morgan fingerprint density at radius 1 is 1.33 bits per heavy atom. The van der Waals surface area contributed by atoms with Crippen LogP contribution in [0.5, 0.6) is 0 Å². The average molecular weight is 404 g/mol. The minimum absolute atomic E-state index is 0. The van der Waals surface area contributed by atoms with E-state index in [1.54, 1.807) is 0 Å². The maximum atomic E-state index is 4.59. The summed E-state index contributed by atoms with van der Waals surface area (Å²) < 4.78 is 0. The number of halogens is 1. The summed E-state index contributed by atoms with van der Waals surface area (Å²) in [6.45, 7) is 11.1. The Bertz CT molecular complexity index is 418. The second-order valence-electron chi connectivity index (χ2n) is 5.43. The number of rotatable bonds is 7. The van der Waals surface area contributed by atoms with Crippen LogP contribution in [0.1, 0.15) is 44.9 Å². The highest BCUT2D eigenvalue weighted by molar-refractivity contribution is 14.0. The fourth-order valence-electron chi connectivity index (χ4n) is 1.90. The number of aliphatic imine (C=N–C) groups is 1. The molecule has 0 atom stereocenters. The molecule has 21 heavy (non-hydrogen) atoms. The van der Waals surface area contributed by atoms with Crippen molar-refractivity contribution in [2.45, 2.75) is 47.1 Å². The first-order valence-corrected chi connectivity index (χ1v) is 7.56. The van der Waals surface area contributed by atoms with Crippen LogP contribution in [0.3, 0.4) is 0 Å². The lowest BCUT2D eigenvalue weighted by Crippen LogP contribution is -2.37. The van der Waals surface area contributed by atoms with Crippen LogP contribution in [-0.4, -0.2) is 24.0 Å². The van der Waals surface area contributed by atoms with Gasteiger partial charge in [0.1, 0.15) is 0 Å². The van der Waals surface area contributed by atoms with E-state index in [9.17, 15) is 0 Å². The predicted molar refractivity (Wildman–Crippen MR) is 101 cm³/mol. The van der Waals surface area contributed by atoms with Gasteiger partial charge in [-0.15, -0.1) is 24.0 Å². The molecule has 1 heterocycles. The molecule has 0 bridgehead atoms. The molecule has 0 unspecified atom stereocenters. The molecule has 2 N–H and O–H groups in total. The van der Waals surface area contributed by atoms with Gasteiger partial charge in [0.25, 0.3) is 0 Å². The van der Waals surface area contributed by atoms with Gasteiger partial charge >= 0.3 is 0 Å². The minimum atomic E-state index is 0. The number of hydrogen-bond acceptors (Lipinski definition) is 2. The van der Waals surface area contributed by atoms with Gasteiger partial charge in [0.15, 0.2) is 5.96 Å². The van der Waals surface area contributed by atoms with E-state index in [4.69, 9.17) is 0 Å². The molecule has 0 aliphatic carbocycles. The monoisotopic (exact) mass is 404 g/mol. The zero-order valence-electron chi connectivity index (χ0n) is 13.6. The molecule has 0 fully saturated rings. The van der Waals surface area contributed by atoms with Crippen molar-refractivity contribution in [2.24, 2.45) is 10.9 Å². The van der Waals surface area contributed by atoms with Crippen LogP contribution >= 0.6 is 24.0 Å². The smallest absolute Gasteiger partial charge is 0.191 e. The summed E-state index contributed by atoms with van der Waals surface area (Å²) in [5, 5.41) is 6.65. The second kappa shape index (κ2) is 11.8. The van der Waals surface area contributed by atoms with E-state index in [-0.39, 0.29) is 24.0 Å². The standard InChI is InChI=1S/C16H28N4.HI/c1-5-17-16(19-11-6-8-13(2)3)20-12-15-14(4)9-7-10-18-15;/h7,9-10,13H,5-6,8,11-12H2,1-4H3,(H2,17,19,20);1H. The third-order valence-corrected chi connectivity index (χ3v) is 3.10. The molecule has 0 saturated carbocycles.